The number of hydrogen-bond acceptors (Lipinski definition) is 1. The van der Waals surface area contributed by atoms with Crippen LogP contribution in [0.15, 0.2) is 23.3 Å². The van der Waals surface area contributed by atoms with E-state index in [0.29, 0.717) is 0 Å². The second-order valence-corrected chi connectivity index (χ2v) is 2.58. The summed E-state index contributed by atoms with van der Waals surface area (Å²) in [6.45, 7) is 5.67. The summed E-state index contributed by atoms with van der Waals surface area (Å²) in [5, 5.41) is 0. The Labute approximate surface area is 104 Å². The fourth-order valence-electron chi connectivity index (χ4n) is 1.22. The minimum atomic E-state index is 0. The molecule has 0 unspecified atom stereocenters. The van der Waals surface area contributed by atoms with E-state index in [2.05, 4.69) is 25.5 Å². The van der Waals surface area contributed by atoms with Crippen LogP contribution in [0.2, 0.25) is 0 Å². The van der Waals surface area contributed by atoms with Crippen molar-refractivity contribution in [2.75, 3.05) is 13.2 Å². The summed E-state index contributed by atoms with van der Waals surface area (Å²) in [4.78, 5) is 0. The molecule has 88 valence electrons. The van der Waals surface area contributed by atoms with Crippen LogP contribution >= 0.6 is 0 Å². The molecule has 0 atom stereocenters. The van der Waals surface area contributed by atoms with Crippen LogP contribution in [-0.4, -0.2) is 13.2 Å². The standard InChI is InChI=1S/C10H15O.2CH3.Pt/c1-3-9-6-5-7-10(9)8-11-4-2;;;/h3,5,7H,4,6,8H2,1-2H3;2*1H3;/q3*-1;. The maximum absolute atomic E-state index is 5.32. The first-order valence-electron chi connectivity index (χ1n) is 4.14. The zero-order valence-corrected chi connectivity index (χ0v) is 11.9. The molecule has 2 heteroatoms. The predicted molar refractivity (Wildman–Crippen MR) is 60.1 cm³/mol. The van der Waals surface area contributed by atoms with Crippen LogP contribution in [0.1, 0.15) is 20.3 Å². The Morgan fingerprint density at radius 3 is 2.57 bits per heavy atom. The average molecular weight is 376 g/mol. The normalized spacial score (nSPS) is 12.7. The fraction of sp³-hybridized carbons (Fsp3) is 0.417. The van der Waals surface area contributed by atoms with E-state index >= 15 is 0 Å². The molecule has 1 rings (SSSR count). The summed E-state index contributed by atoms with van der Waals surface area (Å²) in [7, 11) is 0. The van der Waals surface area contributed by atoms with Gasteiger partial charge in [-0.2, -0.15) is 5.57 Å². The summed E-state index contributed by atoms with van der Waals surface area (Å²) < 4.78 is 5.32. The number of hydrogen-bond donors (Lipinski definition) is 0. The molecule has 0 radical (unpaired) electrons. The zero-order valence-electron chi connectivity index (χ0n) is 9.58. The molecule has 0 fully saturated rings. The smallest absolute Gasteiger partial charge is 0.0421 e. The quantitative estimate of drug-likeness (QED) is 0.684. The maximum Gasteiger partial charge on any atom is 0.0421 e. The Kier molecular flexibility index (Phi) is 15.5. The van der Waals surface area contributed by atoms with E-state index in [4.69, 9.17) is 4.74 Å². The second kappa shape index (κ2) is 11.1. The van der Waals surface area contributed by atoms with Crippen molar-refractivity contribution >= 4 is 0 Å². The minimum absolute atomic E-state index is 0. The van der Waals surface area contributed by atoms with Gasteiger partial charge in [0.1, 0.15) is 0 Å². The third-order valence-corrected chi connectivity index (χ3v) is 1.88. The molecule has 0 aliphatic heterocycles. The Bertz CT molecular complexity index is 183. The van der Waals surface area contributed by atoms with Crippen molar-refractivity contribution in [1.29, 1.82) is 0 Å². The molecule has 0 amide bonds. The molecule has 0 aromatic carbocycles. The minimum Gasteiger partial charge on any atom is -0.395 e. The van der Waals surface area contributed by atoms with Crippen molar-refractivity contribution in [3.05, 3.63) is 44.6 Å². The average Bonchev–Trinajstić information content (AvgIpc) is 2.47. The van der Waals surface area contributed by atoms with E-state index in [1.807, 2.05) is 6.92 Å². The van der Waals surface area contributed by atoms with Gasteiger partial charge in [0.05, 0.1) is 0 Å². The van der Waals surface area contributed by atoms with Gasteiger partial charge < -0.3 is 19.6 Å². The summed E-state index contributed by atoms with van der Waals surface area (Å²) in [6, 6.07) is 0. The molecule has 0 aromatic rings. The first-order chi connectivity index (χ1) is 5.38. The van der Waals surface area contributed by atoms with E-state index in [9.17, 15) is 0 Å². The maximum atomic E-state index is 5.32. The Hall–Kier alpha value is -0.00169. The molecule has 0 saturated carbocycles. The van der Waals surface area contributed by atoms with Crippen LogP contribution in [0.5, 0.6) is 0 Å². The van der Waals surface area contributed by atoms with Gasteiger partial charge in [0.25, 0.3) is 0 Å². The first kappa shape index (κ1) is 19.6. The molecule has 0 spiro atoms. The molecular weight excluding hydrogens is 355 g/mol. The molecular formula is C12H21OPt-3. The van der Waals surface area contributed by atoms with Crippen molar-refractivity contribution in [2.24, 2.45) is 0 Å². The Balaban J connectivity index is -0.000000403. The number of ether oxygens (including phenoxy) is 1. The summed E-state index contributed by atoms with van der Waals surface area (Å²) in [6.07, 6.45) is 7.59. The third-order valence-electron chi connectivity index (χ3n) is 1.88. The first-order valence-corrected chi connectivity index (χ1v) is 4.14. The van der Waals surface area contributed by atoms with E-state index < -0.39 is 0 Å². The second-order valence-electron chi connectivity index (χ2n) is 2.58. The van der Waals surface area contributed by atoms with Crippen LogP contribution < -0.4 is 0 Å². The summed E-state index contributed by atoms with van der Waals surface area (Å²) in [5.41, 5.74) is 2.76. The van der Waals surface area contributed by atoms with E-state index in [-0.39, 0.29) is 35.9 Å². The van der Waals surface area contributed by atoms with Gasteiger partial charge in [0.2, 0.25) is 0 Å². The van der Waals surface area contributed by atoms with Gasteiger partial charge in [0.15, 0.2) is 0 Å². The van der Waals surface area contributed by atoms with Crippen LogP contribution in [0.25, 0.3) is 0 Å². The summed E-state index contributed by atoms with van der Waals surface area (Å²) in [5.74, 6) is 0. The molecule has 1 nitrogen and oxygen atoms in total. The Morgan fingerprint density at radius 1 is 1.43 bits per heavy atom. The number of allylic oxidation sites excluding steroid dienone is 2. The molecule has 1 aliphatic carbocycles. The molecule has 0 saturated heterocycles. The van der Waals surface area contributed by atoms with Crippen LogP contribution in [0, 0.1) is 21.3 Å². The van der Waals surface area contributed by atoms with Gasteiger partial charge in [-0.3, -0.25) is 0 Å². The Morgan fingerprint density at radius 2 is 2.07 bits per heavy atom. The van der Waals surface area contributed by atoms with Gasteiger partial charge in [-0.1, -0.05) is 0 Å². The molecule has 0 aromatic heterocycles. The van der Waals surface area contributed by atoms with Crippen molar-refractivity contribution in [3.63, 3.8) is 0 Å². The molecule has 0 heterocycles. The molecule has 0 bridgehead atoms. The fourth-order valence-corrected chi connectivity index (χ4v) is 1.22. The van der Waals surface area contributed by atoms with Crippen molar-refractivity contribution in [2.45, 2.75) is 20.3 Å². The van der Waals surface area contributed by atoms with Gasteiger partial charge in [-0.25, -0.2) is 12.0 Å². The largest absolute Gasteiger partial charge is 0.395 e. The van der Waals surface area contributed by atoms with Gasteiger partial charge in [-0.15, -0.1) is 19.1 Å². The van der Waals surface area contributed by atoms with Gasteiger partial charge in [-0.05, 0) is 13.3 Å². The van der Waals surface area contributed by atoms with E-state index in [1.165, 1.54) is 11.1 Å². The molecule has 14 heavy (non-hydrogen) atoms. The van der Waals surface area contributed by atoms with E-state index in [1.54, 1.807) is 0 Å². The van der Waals surface area contributed by atoms with Crippen molar-refractivity contribution in [1.82, 2.24) is 0 Å². The molecule has 0 N–H and O–H groups in total. The van der Waals surface area contributed by atoms with Crippen LogP contribution in [-0.2, 0) is 25.8 Å². The van der Waals surface area contributed by atoms with Crippen LogP contribution in [0.3, 0.4) is 0 Å². The molecule has 1 aliphatic rings. The third kappa shape index (κ3) is 5.67. The monoisotopic (exact) mass is 376 g/mol. The zero-order chi connectivity index (χ0) is 8.10. The van der Waals surface area contributed by atoms with Crippen molar-refractivity contribution in [3.8, 4) is 0 Å². The number of rotatable bonds is 4. The summed E-state index contributed by atoms with van der Waals surface area (Å²) >= 11 is 0. The van der Waals surface area contributed by atoms with Crippen LogP contribution in [0.4, 0.5) is 0 Å². The predicted octanol–water partition coefficient (Wildman–Crippen LogP) is 3.40. The van der Waals surface area contributed by atoms with Crippen molar-refractivity contribution < 1.29 is 25.8 Å². The SMILES string of the molecule is C[CH-]C1=C(COCC)C=CC1.[CH3-].[CH3-].[Pt]. The van der Waals surface area contributed by atoms with Gasteiger partial charge >= 0.3 is 0 Å². The van der Waals surface area contributed by atoms with Gasteiger partial charge in [0, 0.05) is 34.3 Å². The topological polar surface area (TPSA) is 9.23 Å². The van der Waals surface area contributed by atoms with E-state index in [0.717, 1.165) is 19.6 Å².